The summed E-state index contributed by atoms with van der Waals surface area (Å²) in [4.78, 5) is 0. The fourth-order valence-electron chi connectivity index (χ4n) is 1.63. The highest BCUT2D eigenvalue weighted by molar-refractivity contribution is 8.00. The highest BCUT2D eigenvalue weighted by Crippen LogP contribution is 2.23. The summed E-state index contributed by atoms with van der Waals surface area (Å²) in [6, 6.07) is 0.601. The molecule has 0 rings (SSSR count). The number of thioether (sulfide) groups is 1. The molecule has 3 atom stereocenters. The van der Waals surface area contributed by atoms with Gasteiger partial charge in [0.15, 0.2) is 0 Å². The molecule has 0 saturated heterocycles. The van der Waals surface area contributed by atoms with E-state index in [9.17, 15) is 0 Å². The third kappa shape index (κ3) is 7.65. The fraction of sp³-hybridized carbons (Fsp3) is 1.00. The molecule has 0 heterocycles. The summed E-state index contributed by atoms with van der Waals surface area (Å²) >= 11 is 1.98. The lowest BCUT2D eigenvalue weighted by molar-refractivity contribution is 0.288. The first kappa shape index (κ1) is 14.3. The van der Waals surface area contributed by atoms with Crippen molar-refractivity contribution in [1.29, 1.82) is 0 Å². The maximum absolute atomic E-state index is 8.79. The predicted molar refractivity (Wildman–Crippen MR) is 66.0 cm³/mol. The van der Waals surface area contributed by atoms with Crippen molar-refractivity contribution < 1.29 is 5.11 Å². The van der Waals surface area contributed by atoms with Crippen molar-refractivity contribution in [2.75, 3.05) is 13.2 Å². The van der Waals surface area contributed by atoms with Gasteiger partial charge >= 0.3 is 0 Å². The molecule has 2 N–H and O–H groups in total. The van der Waals surface area contributed by atoms with Crippen LogP contribution in [0.5, 0.6) is 0 Å². The van der Waals surface area contributed by atoms with Gasteiger partial charge in [-0.3, -0.25) is 0 Å². The van der Waals surface area contributed by atoms with Gasteiger partial charge < -0.3 is 10.4 Å². The summed E-state index contributed by atoms with van der Waals surface area (Å²) in [5, 5.41) is 13.5. The van der Waals surface area contributed by atoms with Gasteiger partial charge in [0.05, 0.1) is 0 Å². The summed E-state index contributed by atoms with van der Waals surface area (Å²) in [5.74, 6) is 0. The van der Waals surface area contributed by atoms with Gasteiger partial charge in [0.1, 0.15) is 0 Å². The van der Waals surface area contributed by atoms with Crippen LogP contribution in [-0.2, 0) is 0 Å². The first-order chi connectivity index (χ1) is 6.60. The molecule has 0 saturated carbocycles. The Labute approximate surface area is 92.9 Å². The minimum absolute atomic E-state index is 0.309. The summed E-state index contributed by atoms with van der Waals surface area (Å²) in [7, 11) is 0. The van der Waals surface area contributed by atoms with E-state index in [0.717, 1.165) is 13.0 Å². The lowest BCUT2D eigenvalue weighted by Crippen LogP contribution is -2.28. The fourth-order valence-corrected chi connectivity index (χ4v) is 3.07. The Hall–Kier alpha value is 0.270. The lowest BCUT2D eigenvalue weighted by Gasteiger charge is -2.20. The molecule has 0 aromatic rings. The zero-order chi connectivity index (χ0) is 11.0. The second kappa shape index (κ2) is 8.57. The second-order valence-electron chi connectivity index (χ2n) is 3.96. The summed E-state index contributed by atoms with van der Waals surface area (Å²) in [6.07, 6.45) is 2.11. The highest BCUT2D eigenvalue weighted by Gasteiger charge is 2.11. The van der Waals surface area contributed by atoms with Crippen molar-refractivity contribution in [2.45, 2.75) is 57.1 Å². The Bertz CT molecular complexity index is 118. The van der Waals surface area contributed by atoms with Crippen molar-refractivity contribution in [3.05, 3.63) is 0 Å². The molecule has 0 aromatic heterocycles. The van der Waals surface area contributed by atoms with Crippen LogP contribution < -0.4 is 5.32 Å². The van der Waals surface area contributed by atoms with Crippen LogP contribution >= 0.6 is 11.8 Å². The Morgan fingerprint density at radius 1 is 1.21 bits per heavy atom. The standard InChI is InChI=1S/C11H25NOS/c1-5-12-9(2)8-11(4)14-10(3)6-7-13/h9-13H,5-8H2,1-4H3. The average molecular weight is 219 g/mol. The van der Waals surface area contributed by atoms with Crippen LogP contribution in [0, 0.1) is 0 Å². The molecule has 3 heteroatoms. The Kier molecular flexibility index (Phi) is 8.73. The third-order valence-electron chi connectivity index (χ3n) is 2.24. The van der Waals surface area contributed by atoms with E-state index in [1.54, 1.807) is 0 Å². The van der Waals surface area contributed by atoms with Crippen LogP contribution in [0.4, 0.5) is 0 Å². The van der Waals surface area contributed by atoms with E-state index in [2.05, 4.69) is 33.0 Å². The number of nitrogens with one attached hydrogen (secondary N) is 1. The molecule has 0 fully saturated rings. The van der Waals surface area contributed by atoms with Gasteiger partial charge in [-0.25, -0.2) is 0 Å². The van der Waals surface area contributed by atoms with Gasteiger partial charge in [-0.05, 0) is 26.3 Å². The molecule has 86 valence electrons. The number of hydrogen-bond donors (Lipinski definition) is 2. The SMILES string of the molecule is CCNC(C)CC(C)SC(C)CCO. The van der Waals surface area contributed by atoms with E-state index in [1.807, 2.05) is 11.8 Å². The van der Waals surface area contributed by atoms with Crippen LogP contribution in [0.2, 0.25) is 0 Å². The maximum atomic E-state index is 8.79. The molecule has 0 aliphatic rings. The van der Waals surface area contributed by atoms with Crippen molar-refractivity contribution in [2.24, 2.45) is 0 Å². The number of hydrogen-bond acceptors (Lipinski definition) is 3. The van der Waals surface area contributed by atoms with Gasteiger partial charge in [-0.15, -0.1) is 0 Å². The molecule has 0 aromatic carbocycles. The molecule has 2 nitrogen and oxygen atoms in total. The molecular weight excluding hydrogens is 194 g/mol. The third-order valence-corrected chi connectivity index (χ3v) is 3.60. The molecule has 0 radical (unpaired) electrons. The van der Waals surface area contributed by atoms with E-state index in [-0.39, 0.29) is 0 Å². The van der Waals surface area contributed by atoms with Crippen molar-refractivity contribution in [1.82, 2.24) is 5.32 Å². The van der Waals surface area contributed by atoms with E-state index < -0.39 is 0 Å². The summed E-state index contributed by atoms with van der Waals surface area (Å²) in [6.45, 7) is 10.2. The molecule has 0 bridgehead atoms. The first-order valence-electron chi connectivity index (χ1n) is 5.59. The van der Waals surface area contributed by atoms with Gasteiger partial charge in [-0.1, -0.05) is 20.8 Å². The van der Waals surface area contributed by atoms with E-state index >= 15 is 0 Å². The van der Waals surface area contributed by atoms with Gasteiger partial charge in [0.25, 0.3) is 0 Å². The van der Waals surface area contributed by atoms with Crippen LogP contribution in [0.1, 0.15) is 40.5 Å². The highest BCUT2D eigenvalue weighted by atomic mass is 32.2. The van der Waals surface area contributed by atoms with Gasteiger partial charge in [-0.2, -0.15) is 11.8 Å². The zero-order valence-electron chi connectivity index (χ0n) is 9.92. The van der Waals surface area contributed by atoms with Crippen LogP contribution in [-0.4, -0.2) is 34.8 Å². The molecule has 0 aliphatic heterocycles. The second-order valence-corrected chi connectivity index (χ2v) is 5.85. The molecule has 0 spiro atoms. The monoisotopic (exact) mass is 219 g/mol. The predicted octanol–water partition coefficient (Wildman–Crippen LogP) is 2.27. The Balaban J connectivity index is 3.57. The molecule has 0 amide bonds. The van der Waals surface area contributed by atoms with Crippen molar-refractivity contribution >= 4 is 11.8 Å². The number of aliphatic hydroxyl groups is 1. The lowest BCUT2D eigenvalue weighted by atomic mass is 10.2. The molecular formula is C11H25NOS. The first-order valence-corrected chi connectivity index (χ1v) is 6.54. The average Bonchev–Trinajstić information content (AvgIpc) is 2.03. The topological polar surface area (TPSA) is 32.3 Å². The number of aliphatic hydroxyl groups excluding tert-OH is 1. The van der Waals surface area contributed by atoms with E-state index in [0.29, 0.717) is 23.1 Å². The summed E-state index contributed by atoms with van der Waals surface area (Å²) in [5.41, 5.74) is 0. The Morgan fingerprint density at radius 3 is 2.36 bits per heavy atom. The zero-order valence-corrected chi connectivity index (χ0v) is 10.7. The maximum Gasteiger partial charge on any atom is 0.0441 e. The van der Waals surface area contributed by atoms with Crippen molar-refractivity contribution in [3.8, 4) is 0 Å². The van der Waals surface area contributed by atoms with Crippen LogP contribution in [0.15, 0.2) is 0 Å². The largest absolute Gasteiger partial charge is 0.396 e. The quantitative estimate of drug-likeness (QED) is 0.657. The molecule has 3 unspecified atom stereocenters. The van der Waals surface area contributed by atoms with Gasteiger partial charge in [0.2, 0.25) is 0 Å². The number of rotatable bonds is 8. The van der Waals surface area contributed by atoms with Gasteiger partial charge in [0, 0.05) is 23.1 Å². The normalized spacial score (nSPS) is 17.8. The molecule has 14 heavy (non-hydrogen) atoms. The minimum atomic E-state index is 0.309. The van der Waals surface area contributed by atoms with E-state index in [4.69, 9.17) is 5.11 Å². The van der Waals surface area contributed by atoms with Crippen molar-refractivity contribution in [3.63, 3.8) is 0 Å². The smallest absolute Gasteiger partial charge is 0.0441 e. The minimum Gasteiger partial charge on any atom is -0.396 e. The molecule has 0 aliphatic carbocycles. The summed E-state index contributed by atoms with van der Waals surface area (Å²) < 4.78 is 0. The van der Waals surface area contributed by atoms with Crippen LogP contribution in [0.25, 0.3) is 0 Å². The van der Waals surface area contributed by atoms with Crippen LogP contribution in [0.3, 0.4) is 0 Å². The Morgan fingerprint density at radius 2 is 1.86 bits per heavy atom. The van der Waals surface area contributed by atoms with E-state index in [1.165, 1.54) is 6.42 Å².